The molecule has 178 valence electrons. The molecule has 1 saturated heterocycles. The van der Waals surface area contributed by atoms with Crippen molar-refractivity contribution in [1.82, 2.24) is 0 Å². The second kappa shape index (κ2) is 15.5. The molecule has 0 saturated carbocycles. The molecule has 5 heteroatoms. The molecular formula is C26H46O4Sn. The first kappa shape index (κ1) is 26.9. The van der Waals surface area contributed by atoms with Crippen LogP contribution in [0.5, 0.6) is 5.75 Å². The summed E-state index contributed by atoms with van der Waals surface area (Å²) in [6, 6.07) is 6.81. The van der Waals surface area contributed by atoms with Gasteiger partial charge in [0.2, 0.25) is 0 Å². The van der Waals surface area contributed by atoms with E-state index in [2.05, 4.69) is 39.0 Å². The molecule has 31 heavy (non-hydrogen) atoms. The molecule has 1 aromatic carbocycles. The molecule has 0 bridgehead atoms. The van der Waals surface area contributed by atoms with E-state index in [-0.39, 0.29) is 6.29 Å². The molecule has 0 amide bonds. The van der Waals surface area contributed by atoms with Crippen LogP contribution < -0.4 is 8.32 Å². The third kappa shape index (κ3) is 8.86. The Morgan fingerprint density at radius 3 is 2.19 bits per heavy atom. The molecule has 0 spiro atoms. The second-order valence-corrected chi connectivity index (χ2v) is 22.2. The number of unbranched alkanes of at least 4 members (excludes halogenated alkanes) is 3. The van der Waals surface area contributed by atoms with Gasteiger partial charge < -0.3 is 0 Å². The van der Waals surface area contributed by atoms with Crippen LogP contribution in [0.25, 0.3) is 0 Å². The van der Waals surface area contributed by atoms with E-state index in [1.165, 1.54) is 63.8 Å². The molecule has 1 fully saturated rings. The van der Waals surface area contributed by atoms with Crippen molar-refractivity contribution >= 4 is 22.0 Å². The first-order chi connectivity index (χ1) is 15.2. The Balaban J connectivity index is 2.34. The Morgan fingerprint density at radius 2 is 1.65 bits per heavy atom. The van der Waals surface area contributed by atoms with Crippen LogP contribution in [0, 0.1) is 0 Å². The zero-order chi connectivity index (χ0) is 22.4. The van der Waals surface area contributed by atoms with Gasteiger partial charge in [0.15, 0.2) is 0 Å². The van der Waals surface area contributed by atoms with Crippen LogP contribution in [0.15, 0.2) is 18.2 Å². The Morgan fingerprint density at radius 1 is 0.968 bits per heavy atom. The van der Waals surface area contributed by atoms with Crippen LogP contribution in [0.1, 0.15) is 84.1 Å². The molecule has 1 aromatic rings. The molecule has 1 aliphatic heterocycles. The predicted molar refractivity (Wildman–Crippen MR) is 132 cm³/mol. The predicted octanol–water partition coefficient (Wildman–Crippen LogP) is 6.77. The van der Waals surface area contributed by atoms with Gasteiger partial charge in [0.05, 0.1) is 0 Å². The number of hydrogen-bond acceptors (Lipinski definition) is 4. The maximum absolute atomic E-state index is 6.15. The third-order valence-electron chi connectivity index (χ3n) is 6.55. The SMILES string of the molecule is CCC[CH2][Sn]([CH2]CCC)([CH2]CCC)[c]1cc(COC2CCCCO2)ccc1OCOC. The van der Waals surface area contributed by atoms with Gasteiger partial charge in [-0.1, -0.05) is 0 Å². The van der Waals surface area contributed by atoms with Crippen LogP contribution >= 0.6 is 0 Å². The Kier molecular flexibility index (Phi) is 13.5. The fourth-order valence-corrected chi connectivity index (χ4v) is 21.3. The fourth-order valence-electron chi connectivity index (χ4n) is 4.69. The summed E-state index contributed by atoms with van der Waals surface area (Å²) < 4.78 is 29.2. The summed E-state index contributed by atoms with van der Waals surface area (Å²) in [7, 11) is 1.70. The van der Waals surface area contributed by atoms with E-state index in [9.17, 15) is 0 Å². The van der Waals surface area contributed by atoms with Gasteiger partial charge >= 0.3 is 196 Å². The van der Waals surface area contributed by atoms with Crippen molar-refractivity contribution in [3.05, 3.63) is 23.8 Å². The Labute approximate surface area is 195 Å². The fraction of sp³-hybridized carbons (Fsp3) is 0.769. The van der Waals surface area contributed by atoms with Crippen molar-refractivity contribution < 1.29 is 18.9 Å². The van der Waals surface area contributed by atoms with Crippen molar-refractivity contribution in [3.8, 4) is 5.75 Å². The van der Waals surface area contributed by atoms with E-state index >= 15 is 0 Å². The Hall–Kier alpha value is -0.301. The second-order valence-electron chi connectivity index (χ2n) is 9.08. The zero-order valence-corrected chi connectivity index (χ0v) is 23.4. The summed E-state index contributed by atoms with van der Waals surface area (Å²) in [5.41, 5.74) is 1.26. The number of benzene rings is 1. The van der Waals surface area contributed by atoms with Gasteiger partial charge in [0.25, 0.3) is 0 Å². The summed E-state index contributed by atoms with van der Waals surface area (Å²) in [5.74, 6) is 1.07. The van der Waals surface area contributed by atoms with Crippen LogP contribution in [0.3, 0.4) is 0 Å². The van der Waals surface area contributed by atoms with Crippen molar-refractivity contribution in [2.45, 2.75) is 105 Å². The van der Waals surface area contributed by atoms with Gasteiger partial charge in [-0.2, -0.15) is 0 Å². The molecule has 0 aromatic heterocycles. The summed E-state index contributed by atoms with van der Waals surface area (Å²) in [4.78, 5) is 0. The number of methoxy groups -OCH3 is 1. The summed E-state index contributed by atoms with van der Waals surface area (Å²) in [6.45, 7) is 8.74. The topological polar surface area (TPSA) is 36.9 Å². The molecule has 1 aliphatic rings. The van der Waals surface area contributed by atoms with Crippen LogP contribution in [-0.2, 0) is 20.8 Å². The monoisotopic (exact) mass is 542 g/mol. The van der Waals surface area contributed by atoms with E-state index in [1.54, 1.807) is 10.7 Å². The summed E-state index contributed by atoms with van der Waals surface area (Å²) in [5, 5.41) is 0. The molecule has 0 aliphatic carbocycles. The molecule has 0 N–H and O–H groups in total. The van der Waals surface area contributed by atoms with Crippen LogP contribution in [-0.4, -0.2) is 45.2 Å². The van der Waals surface area contributed by atoms with Gasteiger partial charge in [-0.05, 0) is 0 Å². The minimum absolute atomic E-state index is 0.0461. The van der Waals surface area contributed by atoms with Gasteiger partial charge in [-0.15, -0.1) is 0 Å². The average molecular weight is 541 g/mol. The van der Waals surface area contributed by atoms with Gasteiger partial charge in [0, 0.05) is 0 Å². The third-order valence-corrected chi connectivity index (χ3v) is 22.1. The van der Waals surface area contributed by atoms with Gasteiger partial charge in [-0.3, -0.25) is 0 Å². The quantitative estimate of drug-likeness (QED) is 0.171. The molecule has 1 heterocycles. The van der Waals surface area contributed by atoms with Gasteiger partial charge in [-0.25, -0.2) is 0 Å². The molecule has 2 rings (SSSR count). The number of hydrogen-bond donors (Lipinski definition) is 0. The molecule has 1 atom stereocenters. The van der Waals surface area contributed by atoms with E-state index in [0.29, 0.717) is 13.4 Å². The molecular weight excluding hydrogens is 495 g/mol. The van der Waals surface area contributed by atoms with E-state index in [0.717, 1.165) is 25.2 Å². The van der Waals surface area contributed by atoms with E-state index in [1.807, 2.05) is 0 Å². The van der Waals surface area contributed by atoms with Crippen molar-refractivity contribution in [1.29, 1.82) is 0 Å². The normalized spacial score (nSPS) is 17.1. The first-order valence-corrected chi connectivity index (χ1v) is 20.2. The summed E-state index contributed by atoms with van der Waals surface area (Å²) in [6.07, 6.45) is 11.1. The van der Waals surface area contributed by atoms with Crippen molar-refractivity contribution in [3.63, 3.8) is 0 Å². The van der Waals surface area contributed by atoms with Crippen LogP contribution in [0.4, 0.5) is 0 Å². The molecule has 4 nitrogen and oxygen atoms in total. The standard InChI is InChI=1S/C14H19O4.3C4H9.Sn/c1-15-11-18-13-7-5-12(6-8-13)10-17-14-4-2-3-9-16-14;3*1-3-4-2;/h5-7,14H,2-4,9-11H2,1H3;3*1,3-4H2,2H3;. The zero-order valence-electron chi connectivity index (χ0n) is 20.5. The van der Waals surface area contributed by atoms with Crippen molar-refractivity contribution in [2.75, 3.05) is 20.5 Å². The van der Waals surface area contributed by atoms with Crippen molar-refractivity contribution in [2.24, 2.45) is 0 Å². The minimum atomic E-state index is -2.64. The Bertz CT molecular complexity index is 579. The molecule has 0 radical (unpaired) electrons. The maximum atomic E-state index is 6.15. The van der Waals surface area contributed by atoms with E-state index < -0.39 is 18.4 Å². The summed E-state index contributed by atoms with van der Waals surface area (Å²) >= 11 is -2.64. The van der Waals surface area contributed by atoms with Crippen LogP contribution in [0.2, 0.25) is 13.3 Å². The van der Waals surface area contributed by atoms with Gasteiger partial charge in [0.1, 0.15) is 0 Å². The first-order valence-electron chi connectivity index (χ1n) is 12.7. The average Bonchev–Trinajstić information content (AvgIpc) is 2.82. The number of rotatable bonds is 16. The number of ether oxygens (including phenoxy) is 4. The van der Waals surface area contributed by atoms with E-state index in [4.69, 9.17) is 18.9 Å². The molecule has 1 unspecified atom stereocenters.